The molecule has 11 nitrogen and oxygen atoms in total. The third kappa shape index (κ3) is 5.32. The van der Waals surface area contributed by atoms with E-state index in [1.165, 1.54) is 25.3 Å². The third-order valence-electron chi connectivity index (χ3n) is 7.65. The van der Waals surface area contributed by atoms with Gasteiger partial charge in [-0.3, -0.25) is 19.4 Å². The van der Waals surface area contributed by atoms with Crippen LogP contribution in [-0.2, 0) is 24.3 Å². The quantitative estimate of drug-likeness (QED) is 0.261. The van der Waals surface area contributed by atoms with Gasteiger partial charge < -0.3 is 19.5 Å². The molecule has 0 radical (unpaired) electrons. The van der Waals surface area contributed by atoms with Crippen LogP contribution in [0, 0.1) is 12.7 Å². The maximum absolute atomic E-state index is 13.5. The van der Waals surface area contributed by atoms with Crippen molar-refractivity contribution in [2.24, 2.45) is 0 Å². The maximum atomic E-state index is 13.5. The molecule has 0 aliphatic carbocycles. The number of aliphatic hydroxyl groups excluding tert-OH is 1. The Balaban J connectivity index is 1.40. The molecule has 2 unspecified atom stereocenters. The number of halogens is 1. The van der Waals surface area contributed by atoms with Gasteiger partial charge in [-0.25, -0.2) is 8.91 Å². The minimum absolute atomic E-state index is 0.153. The number of carbonyl (C=O) groups is 1. The molecule has 2 atom stereocenters. The van der Waals surface area contributed by atoms with E-state index in [0.29, 0.717) is 53.5 Å². The fourth-order valence-electron chi connectivity index (χ4n) is 5.46. The Hall–Kier alpha value is -5.10. The molecule has 1 N–H and O–H groups in total. The van der Waals surface area contributed by atoms with Crippen LogP contribution in [-0.4, -0.2) is 65.0 Å². The maximum Gasteiger partial charge on any atom is 0.246 e. The molecule has 0 saturated carbocycles. The van der Waals surface area contributed by atoms with Crippen molar-refractivity contribution in [1.82, 2.24) is 34.3 Å². The number of aromatic nitrogens is 6. The zero-order chi connectivity index (χ0) is 30.1. The Bertz CT molecular complexity index is 1790. The fourth-order valence-corrected chi connectivity index (χ4v) is 5.46. The lowest BCUT2D eigenvalue weighted by Gasteiger charge is -2.35. The lowest BCUT2D eigenvalue weighted by atomic mass is 10.0. The smallest absolute Gasteiger partial charge is 0.246 e. The van der Waals surface area contributed by atoms with Gasteiger partial charge >= 0.3 is 0 Å². The van der Waals surface area contributed by atoms with Crippen molar-refractivity contribution in [2.75, 3.05) is 13.7 Å². The molecule has 43 heavy (non-hydrogen) atoms. The monoisotopic (exact) mass is 583 g/mol. The molecule has 220 valence electrons. The number of carbonyl (C=O) groups excluding carboxylic acids is 1. The Morgan fingerprint density at radius 2 is 2.09 bits per heavy atom. The summed E-state index contributed by atoms with van der Waals surface area (Å²) >= 11 is 0. The number of fused-ring (bicyclic) bond motifs is 2. The van der Waals surface area contributed by atoms with E-state index in [4.69, 9.17) is 14.6 Å². The first-order valence-corrected chi connectivity index (χ1v) is 13.7. The highest BCUT2D eigenvalue weighted by Gasteiger charge is 2.32. The molecule has 1 aliphatic rings. The average Bonchev–Trinajstić information content (AvgIpc) is 3.60. The number of aliphatic hydroxyl groups is 1. The molecule has 5 aromatic rings. The van der Waals surface area contributed by atoms with Gasteiger partial charge in [0.15, 0.2) is 23.1 Å². The Morgan fingerprint density at radius 1 is 1.23 bits per heavy atom. The minimum Gasteiger partial charge on any atom is -0.493 e. The van der Waals surface area contributed by atoms with Crippen molar-refractivity contribution in [3.63, 3.8) is 0 Å². The summed E-state index contributed by atoms with van der Waals surface area (Å²) in [4.78, 5) is 23.3. The van der Waals surface area contributed by atoms with Crippen LogP contribution >= 0.6 is 0 Å². The summed E-state index contributed by atoms with van der Waals surface area (Å²) in [6, 6.07) is 10.1. The first kappa shape index (κ1) is 28.0. The number of hydrogen-bond acceptors (Lipinski definition) is 8. The van der Waals surface area contributed by atoms with E-state index in [1.54, 1.807) is 16.9 Å². The first-order valence-electron chi connectivity index (χ1n) is 13.7. The van der Waals surface area contributed by atoms with Crippen LogP contribution in [0.25, 0.3) is 16.8 Å². The highest BCUT2D eigenvalue weighted by Crippen LogP contribution is 2.37. The summed E-state index contributed by atoms with van der Waals surface area (Å²) in [7, 11) is 1.53. The normalized spacial score (nSPS) is 15.3. The van der Waals surface area contributed by atoms with E-state index in [2.05, 4.69) is 21.6 Å². The number of hydrogen-bond donors (Lipinski definition) is 1. The summed E-state index contributed by atoms with van der Waals surface area (Å²) in [5.74, 6) is 0.206. The predicted octanol–water partition coefficient (Wildman–Crippen LogP) is 3.70. The second-order valence-electron chi connectivity index (χ2n) is 10.2. The molecule has 0 fully saturated rings. The molecule has 1 aliphatic heterocycles. The average molecular weight is 584 g/mol. The highest BCUT2D eigenvalue weighted by molar-refractivity contribution is 5.87. The molecule has 5 aromatic heterocycles. The largest absolute Gasteiger partial charge is 0.493 e. The molecule has 6 rings (SSSR count). The van der Waals surface area contributed by atoms with E-state index < -0.39 is 18.5 Å². The van der Waals surface area contributed by atoms with Crippen LogP contribution in [0.2, 0.25) is 0 Å². The van der Waals surface area contributed by atoms with Crippen LogP contribution in [0.5, 0.6) is 11.5 Å². The molecule has 0 aromatic carbocycles. The van der Waals surface area contributed by atoms with Crippen LogP contribution in [0.4, 0.5) is 4.39 Å². The Labute approximate surface area is 246 Å². The van der Waals surface area contributed by atoms with Gasteiger partial charge in [0.25, 0.3) is 0 Å². The van der Waals surface area contributed by atoms with Gasteiger partial charge in [-0.1, -0.05) is 12.6 Å². The lowest BCUT2D eigenvalue weighted by Crippen LogP contribution is -2.47. The molecular weight excluding hydrogens is 553 g/mol. The van der Waals surface area contributed by atoms with Gasteiger partial charge in [0.1, 0.15) is 5.82 Å². The molecule has 0 saturated heterocycles. The second kappa shape index (κ2) is 11.6. The van der Waals surface area contributed by atoms with Crippen LogP contribution < -0.4 is 9.47 Å². The number of nitrogens with zero attached hydrogens (tertiary/aromatic N) is 7. The van der Waals surface area contributed by atoms with Crippen molar-refractivity contribution in [3.05, 3.63) is 102 Å². The summed E-state index contributed by atoms with van der Waals surface area (Å²) in [6.45, 7) is 6.13. The molecule has 6 heterocycles. The first-order chi connectivity index (χ1) is 20.9. The summed E-state index contributed by atoms with van der Waals surface area (Å²) in [6.07, 6.45) is 7.26. The minimum atomic E-state index is -0.874. The van der Waals surface area contributed by atoms with Gasteiger partial charge in [-0.2, -0.15) is 10.2 Å². The molecule has 0 spiro atoms. The topological polar surface area (TPSA) is 120 Å². The van der Waals surface area contributed by atoms with Crippen molar-refractivity contribution in [1.29, 1.82) is 0 Å². The summed E-state index contributed by atoms with van der Waals surface area (Å²) < 4.78 is 28.9. The van der Waals surface area contributed by atoms with E-state index in [9.17, 15) is 14.3 Å². The van der Waals surface area contributed by atoms with Crippen molar-refractivity contribution >= 4 is 11.4 Å². The Morgan fingerprint density at radius 3 is 2.79 bits per heavy atom. The predicted molar refractivity (Wildman–Crippen MR) is 155 cm³/mol. The second-order valence-corrected chi connectivity index (χ2v) is 10.2. The van der Waals surface area contributed by atoms with Gasteiger partial charge in [-0.15, -0.1) is 0 Å². The van der Waals surface area contributed by atoms with E-state index in [-0.39, 0.29) is 11.9 Å². The van der Waals surface area contributed by atoms with Gasteiger partial charge in [-0.05, 0) is 43.3 Å². The van der Waals surface area contributed by atoms with Gasteiger partial charge in [0, 0.05) is 35.6 Å². The number of rotatable bonds is 9. The van der Waals surface area contributed by atoms with Gasteiger partial charge in [0.2, 0.25) is 5.91 Å². The van der Waals surface area contributed by atoms with E-state index in [1.807, 2.05) is 47.0 Å². The fraction of sp³-hybridized carbons (Fsp3) is 0.258. The molecular formula is C31H30FN7O4. The van der Waals surface area contributed by atoms with Crippen molar-refractivity contribution < 1.29 is 23.8 Å². The third-order valence-corrected chi connectivity index (χ3v) is 7.65. The zero-order valence-corrected chi connectivity index (χ0v) is 23.7. The van der Waals surface area contributed by atoms with Gasteiger partial charge in [0.05, 0.1) is 62.3 Å². The number of amides is 1. The summed E-state index contributed by atoms with van der Waals surface area (Å²) in [5.41, 5.74) is 5.02. The van der Waals surface area contributed by atoms with Crippen molar-refractivity contribution in [3.8, 4) is 22.8 Å². The number of pyridine rings is 3. The zero-order valence-electron chi connectivity index (χ0n) is 23.7. The van der Waals surface area contributed by atoms with Crippen LogP contribution in [0.15, 0.2) is 73.8 Å². The number of methoxy groups -OCH3 is 1. The highest BCUT2D eigenvalue weighted by atomic mass is 19.1. The lowest BCUT2D eigenvalue weighted by molar-refractivity contribution is -0.130. The summed E-state index contributed by atoms with van der Waals surface area (Å²) in [5, 5.41) is 19.6. The number of ether oxygens (including phenoxy) is 2. The van der Waals surface area contributed by atoms with Crippen LogP contribution in [0.1, 0.15) is 28.7 Å². The Kier molecular flexibility index (Phi) is 7.59. The van der Waals surface area contributed by atoms with Crippen molar-refractivity contribution in [2.45, 2.75) is 38.6 Å². The van der Waals surface area contributed by atoms with Crippen LogP contribution in [0.3, 0.4) is 0 Å². The molecule has 12 heteroatoms. The molecule has 0 bridgehead atoms. The van der Waals surface area contributed by atoms with E-state index in [0.717, 1.165) is 23.1 Å². The molecule has 1 amide bonds. The van der Waals surface area contributed by atoms with E-state index >= 15 is 0 Å². The standard InChI is InChI=1S/C31H30FN7O4/c1-4-29(41)37-17-25-19(2)30(36-38(25)16-23(37)12-22-7-5-6-10-33-22)20-11-26(31-27(42-3)14-35-39(31)15-20)43-28(18-40)24-9-8-21(32)13-34-24/h4-11,13-15,23,28,40H,1,12,16-18H2,2-3H3. The SMILES string of the molecule is C=CC(=O)N1Cc2c(C)c(-c3cc(OC(CO)c4ccc(F)cn4)c4c(OC)cnn4c3)nn2CC1Cc1ccccn1.